The molecule has 7 heteroatoms. The highest BCUT2D eigenvalue weighted by atomic mass is 127. The van der Waals surface area contributed by atoms with Crippen molar-refractivity contribution in [1.82, 2.24) is 10.6 Å². The first kappa shape index (κ1) is 22.7. The molecule has 1 unspecified atom stereocenters. The number of nitrogens with zero attached hydrogens (tertiary/aromatic N) is 1. The number of halogens is 2. The number of guanidine groups is 1. The summed E-state index contributed by atoms with van der Waals surface area (Å²) in [6, 6.07) is 8.18. The number of ether oxygens (including phenoxy) is 2. The first-order valence-corrected chi connectivity index (χ1v) is 10.1. The van der Waals surface area contributed by atoms with Crippen molar-refractivity contribution in [2.24, 2.45) is 4.99 Å². The molecule has 0 amide bonds. The van der Waals surface area contributed by atoms with Crippen LogP contribution in [-0.4, -0.2) is 51.5 Å². The smallest absolute Gasteiger partial charge is 0.191 e. The van der Waals surface area contributed by atoms with Crippen LogP contribution in [0.1, 0.15) is 38.2 Å². The van der Waals surface area contributed by atoms with Crippen LogP contribution in [-0.2, 0) is 14.9 Å². The Kier molecular flexibility index (Phi) is 9.62. The van der Waals surface area contributed by atoms with Gasteiger partial charge in [0, 0.05) is 30.1 Å². The molecule has 2 N–H and O–H groups in total. The van der Waals surface area contributed by atoms with Gasteiger partial charge in [-0.2, -0.15) is 0 Å². The van der Waals surface area contributed by atoms with Crippen LogP contribution in [0.15, 0.2) is 29.3 Å². The standard InChI is InChI=1S/C20H30ClN3O2.HI/c1-2-22-19(23-10-12-25-14-18-7-4-11-26-18)24-15-20(8-9-20)16-5-3-6-17(21)13-16;/h3,5-6,13,18H,2,4,7-12,14-15H2,1H3,(H2,22,23,24);1H. The summed E-state index contributed by atoms with van der Waals surface area (Å²) in [5.74, 6) is 0.849. The largest absolute Gasteiger partial charge is 0.377 e. The maximum absolute atomic E-state index is 6.15. The highest BCUT2D eigenvalue weighted by molar-refractivity contribution is 14.0. The zero-order valence-corrected chi connectivity index (χ0v) is 19.1. The minimum Gasteiger partial charge on any atom is -0.377 e. The van der Waals surface area contributed by atoms with Crippen molar-refractivity contribution in [3.8, 4) is 0 Å². The number of hydrogen-bond acceptors (Lipinski definition) is 3. The Balaban J connectivity index is 0.00000261. The molecule has 1 saturated heterocycles. The zero-order valence-electron chi connectivity index (χ0n) is 16.0. The average molecular weight is 508 g/mol. The Morgan fingerprint density at radius 2 is 2.22 bits per heavy atom. The van der Waals surface area contributed by atoms with E-state index in [0.29, 0.717) is 13.2 Å². The quantitative estimate of drug-likeness (QED) is 0.231. The van der Waals surface area contributed by atoms with E-state index in [4.69, 9.17) is 26.1 Å². The lowest BCUT2D eigenvalue weighted by atomic mass is 9.96. The highest BCUT2D eigenvalue weighted by Gasteiger charge is 2.44. The lowest BCUT2D eigenvalue weighted by Gasteiger charge is -2.16. The number of benzene rings is 1. The van der Waals surface area contributed by atoms with Gasteiger partial charge in [0.1, 0.15) is 0 Å². The second-order valence-electron chi connectivity index (χ2n) is 7.12. The second-order valence-corrected chi connectivity index (χ2v) is 7.56. The van der Waals surface area contributed by atoms with E-state index >= 15 is 0 Å². The van der Waals surface area contributed by atoms with Crippen LogP contribution in [0.2, 0.25) is 5.02 Å². The molecule has 1 aromatic carbocycles. The van der Waals surface area contributed by atoms with Gasteiger partial charge in [0.25, 0.3) is 0 Å². The van der Waals surface area contributed by atoms with Crippen LogP contribution in [0, 0.1) is 0 Å². The van der Waals surface area contributed by atoms with Gasteiger partial charge in [0.2, 0.25) is 0 Å². The fourth-order valence-corrected chi connectivity index (χ4v) is 3.50. The normalized spacial score (nSPS) is 20.8. The summed E-state index contributed by atoms with van der Waals surface area (Å²) in [5, 5.41) is 7.46. The molecule has 1 aliphatic carbocycles. The molecule has 1 atom stereocenters. The van der Waals surface area contributed by atoms with Crippen LogP contribution in [0.5, 0.6) is 0 Å². The molecule has 1 aromatic rings. The third-order valence-electron chi connectivity index (χ3n) is 5.04. The minimum absolute atomic E-state index is 0. The Bertz CT molecular complexity index is 605. The highest BCUT2D eigenvalue weighted by Crippen LogP contribution is 2.48. The Morgan fingerprint density at radius 1 is 1.37 bits per heavy atom. The van der Waals surface area contributed by atoms with Crippen molar-refractivity contribution in [2.45, 2.75) is 44.1 Å². The average Bonchev–Trinajstić information content (AvgIpc) is 3.26. The third kappa shape index (κ3) is 7.07. The molecule has 5 nitrogen and oxygen atoms in total. The van der Waals surface area contributed by atoms with E-state index in [-0.39, 0.29) is 35.5 Å². The predicted molar refractivity (Wildman–Crippen MR) is 122 cm³/mol. The molecule has 1 heterocycles. The van der Waals surface area contributed by atoms with E-state index in [0.717, 1.165) is 50.1 Å². The number of aliphatic imine (C=N–C) groups is 1. The van der Waals surface area contributed by atoms with E-state index in [2.05, 4.69) is 29.7 Å². The summed E-state index contributed by atoms with van der Waals surface area (Å²) in [4.78, 5) is 4.80. The lowest BCUT2D eigenvalue weighted by Crippen LogP contribution is -2.39. The molecule has 3 rings (SSSR count). The second kappa shape index (κ2) is 11.4. The Morgan fingerprint density at radius 3 is 2.89 bits per heavy atom. The van der Waals surface area contributed by atoms with E-state index in [1.807, 2.05) is 12.1 Å². The van der Waals surface area contributed by atoms with Crippen molar-refractivity contribution in [2.75, 3.05) is 39.5 Å². The van der Waals surface area contributed by atoms with Crippen LogP contribution in [0.4, 0.5) is 0 Å². The third-order valence-corrected chi connectivity index (χ3v) is 5.28. The van der Waals surface area contributed by atoms with Gasteiger partial charge in [-0.25, -0.2) is 0 Å². The first-order valence-electron chi connectivity index (χ1n) is 9.69. The molecular formula is C20H31ClIN3O2. The van der Waals surface area contributed by atoms with E-state index in [9.17, 15) is 0 Å². The SMILES string of the molecule is CCNC(=NCC1(c2cccc(Cl)c2)CC1)NCCOCC1CCCO1.I. The van der Waals surface area contributed by atoms with Crippen LogP contribution < -0.4 is 10.6 Å². The summed E-state index contributed by atoms with van der Waals surface area (Å²) in [5.41, 5.74) is 1.45. The van der Waals surface area contributed by atoms with Crippen molar-refractivity contribution in [3.63, 3.8) is 0 Å². The number of hydrogen-bond donors (Lipinski definition) is 2. The van der Waals surface area contributed by atoms with Crippen molar-refractivity contribution in [3.05, 3.63) is 34.9 Å². The van der Waals surface area contributed by atoms with Crippen molar-refractivity contribution in [1.29, 1.82) is 0 Å². The van der Waals surface area contributed by atoms with Crippen molar-refractivity contribution < 1.29 is 9.47 Å². The number of nitrogens with one attached hydrogen (secondary N) is 2. The van der Waals surface area contributed by atoms with Gasteiger partial charge in [0.15, 0.2) is 5.96 Å². The molecule has 0 bridgehead atoms. The van der Waals surface area contributed by atoms with Gasteiger partial charge in [-0.1, -0.05) is 23.7 Å². The van der Waals surface area contributed by atoms with E-state index in [1.165, 1.54) is 18.4 Å². The van der Waals surface area contributed by atoms with Crippen LogP contribution in [0.25, 0.3) is 0 Å². The van der Waals surface area contributed by atoms with Gasteiger partial charge in [-0.3, -0.25) is 4.99 Å². The summed E-state index contributed by atoms with van der Waals surface area (Å²) < 4.78 is 11.3. The molecule has 2 aliphatic rings. The summed E-state index contributed by atoms with van der Waals surface area (Å²) in [6.07, 6.45) is 4.88. The summed E-state index contributed by atoms with van der Waals surface area (Å²) in [7, 11) is 0. The molecule has 152 valence electrons. The van der Waals surface area contributed by atoms with E-state index in [1.54, 1.807) is 0 Å². The Labute approximate surface area is 184 Å². The maximum Gasteiger partial charge on any atom is 0.191 e. The van der Waals surface area contributed by atoms with Gasteiger partial charge >= 0.3 is 0 Å². The van der Waals surface area contributed by atoms with Gasteiger partial charge < -0.3 is 20.1 Å². The fraction of sp³-hybridized carbons (Fsp3) is 0.650. The molecule has 0 spiro atoms. The monoisotopic (exact) mass is 507 g/mol. The molecule has 2 fully saturated rings. The molecule has 1 aliphatic heterocycles. The molecule has 1 saturated carbocycles. The fourth-order valence-electron chi connectivity index (χ4n) is 3.31. The van der Waals surface area contributed by atoms with E-state index < -0.39 is 0 Å². The number of rotatable bonds is 9. The van der Waals surface area contributed by atoms with Crippen LogP contribution in [0.3, 0.4) is 0 Å². The molecule has 0 radical (unpaired) electrons. The Hall–Kier alpha value is -0.570. The lowest BCUT2D eigenvalue weighted by molar-refractivity contribution is 0.0191. The van der Waals surface area contributed by atoms with Crippen LogP contribution >= 0.6 is 35.6 Å². The first-order chi connectivity index (χ1) is 12.7. The van der Waals surface area contributed by atoms with Crippen molar-refractivity contribution >= 4 is 41.5 Å². The molecule has 27 heavy (non-hydrogen) atoms. The summed E-state index contributed by atoms with van der Waals surface area (Å²) in [6.45, 7) is 6.65. The predicted octanol–water partition coefficient (Wildman–Crippen LogP) is 3.74. The van der Waals surface area contributed by atoms with Gasteiger partial charge in [-0.05, 0) is 50.3 Å². The van der Waals surface area contributed by atoms with Gasteiger partial charge in [-0.15, -0.1) is 24.0 Å². The molecule has 0 aromatic heterocycles. The molecular weight excluding hydrogens is 477 g/mol. The topological polar surface area (TPSA) is 54.9 Å². The summed E-state index contributed by atoms with van der Waals surface area (Å²) >= 11 is 6.15. The zero-order chi connectivity index (χ0) is 18.2. The van der Waals surface area contributed by atoms with Gasteiger partial charge in [0.05, 0.1) is 25.9 Å². The minimum atomic E-state index is 0. The maximum atomic E-state index is 6.15.